The van der Waals surface area contributed by atoms with Crippen molar-refractivity contribution in [3.63, 3.8) is 0 Å². The van der Waals surface area contributed by atoms with Crippen LogP contribution in [0.4, 0.5) is 11.4 Å². The van der Waals surface area contributed by atoms with E-state index in [0.29, 0.717) is 10.6 Å². The molecule has 3 aromatic rings. The first-order valence-corrected chi connectivity index (χ1v) is 11.7. The SMILES string of the molecule is Cc1ccc(CN(CC(=O)Nc2cccc([N+](=O)[O-])c2C)S(=O)(=O)c2ccc(Cl)cc2)cc1. The molecule has 3 aromatic carbocycles. The number of hydrogen-bond donors (Lipinski definition) is 1. The Balaban J connectivity index is 1.90. The summed E-state index contributed by atoms with van der Waals surface area (Å²) in [5.41, 5.74) is 2.11. The highest BCUT2D eigenvalue weighted by molar-refractivity contribution is 7.89. The molecular formula is C23H22ClN3O5S. The van der Waals surface area contributed by atoms with Crippen molar-refractivity contribution in [1.82, 2.24) is 4.31 Å². The Morgan fingerprint density at radius 2 is 1.67 bits per heavy atom. The minimum Gasteiger partial charge on any atom is -0.324 e. The van der Waals surface area contributed by atoms with Gasteiger partial charge in [-0.3, -0.25) is 14.9 Å². The summed E-state index contributed by atoms with van der Waals surface area (Å²) >= 11 is 5.89. The summed E-state index contributed by atoms with van der Waals surface area (Å²) in [6.07, 6.45) is 0. The van der Waals surface area contributed by atoms with Gasteiger partial charge in [-0.05, 0) is 49.7 Å². The Morgan fingerprint density at radius 1 is 1.03 bits per heavy atom. The van der Waals surface area contributed by atoms with Crippen LogP contribution in [0.15, 0.2) is 71.6 Å². The summed E-state index contributed by atoms with van der Waals surface area (Å²) < 4.78 is 27.7. The van der Waals surface area contributed by atoms with Crippen LogP contribution in [0.5, 0.6) is 0 Å². The average Bonchev–Trinajstić information content (AvgIpc) is 2.76. The number of halogens is 1. The van der Waals surface area contributed by atoms with Crippen molar-refractivity contribution in [2.45, 2.75) is 25.3 Å². The Hall–Kier alpha value is -3.27. The molecule has 0 aliphatic rings. The maximum atomic E-state index is 13.3. The van der Waals surface area contributed by atoms with Crippen LogP contribution in [0.1, 0.15) is 16.7 Å². The number of rotatable bonds is 8. The van der Waals surface area contributed by atoms with Crippen molar-refractivity contribution in [2.75, 3.05) is 11.9 Å². The number of nitro benzene ring substituents is 1. The summed E-state index contributed by atoms with van der Waals surface area (Å²) in [6, 6.07) is 17.3. The number of aryl methyl sites for hydroxylation is 1. The van der Waals surface area contributed by atoms with Gasteiger partial charge in [-0.15, -0.1) is 0 Å². The van der Waals surface area contributed by atoms with Crippen LogP contribution < -0.4 is 5.32 Å². The Bertz CT molecular complexity index is 1280. The van der Waals surface area contributed by atoms with Crippen molar-refractivity contribution in [2.24, 2.45) is 0 Å². The summed E-state index contributed by atoms with van der Waals surface area (Å²) in [5, 5.41) is 14.2. The molecule has 0 heterocycles. The summed E-state index contributed by atoms with van der Waals surface area (Å²) in [4.78, 5) is 23.5. The molecule has 3 rings (SSSR count). The van der Waals surface area contributed by atoms with E-state index in [1.54, 1.807) is 12.1 Å². The number of carbonyl (C=O) groups is 1. The van der Waals surface area contributed by atoms with E-state index < -0.39 is 27.4 Å². The zero-order chi connectivity index (χ0) is 24.2. The van der Waals surface area contributed by atoms with E-state index in [1.807, 2.05) is 19.1 Å². The fraction of sp³-hybridized carbons (Fsp3) is 0.174. The van der Waals surface area contributed by atoms with Crippen LogP contribution in [0.25, 0.3) is 0 Å². The number of benzene rings is 3. The number of hydrogen-bond acceptors (Lipinski definition) is 5. The number of anilines is 1. The molecular weight excluding hydrogens is 466 g/mol. The molecule has 0 radical (unpaired) electrons. The van der Waals surface area contributed by atoms with Gasteiger partial charge >= 0.3 is 0 Å². The number of nitrogens with one attached hydrogen (secondary N) is 1. The van der Waals surface area contributed by atoms with Gasteiger partial charge in [0.1, 0.15) is 0 Å². The van der Waals surface area contributed by atoms with Gasteiger partial charge in [-0.2, -0.15) is 4.31 Å². The van der Waals surface area contributed by atoms with Crippen LogP contribution >= 0.6 is 11.6 Å². The van der Waals surface area contributed by atoms with E-state index in [4.69, 9.17) is 11.6 Å². The van der Waals surface area contributed by atoms with E-state index >= 15 is 0 Å². The third kappa shape index (κ3) is 5.95. The topological polar surface area (TPSA) is 110 Å². The zero-order valence-corrected chi connectivity index (χ0v) is 19.6. The average molecular weight is 488 g/mol. The maximum absolute atomic E-state index is 13.3. The molecule has 33 heavy (non-hydrogen) atoms. The van der Waals surface area contributed by atoms with E-state index in [0.717, 1.165) is 9.87 Å². The predicted octanol–water partition coefficient (Wildman–Crippen LogP) is 4.69. The van der Waals surface area contributed by atoms with Crippen molar-refractivity contribution in [3.05, 3.63) is 98.6 Å². The van der Waals surface area contributed by atoms with Gasteiger partial charge in [0.15, 0.2) is 0 Å². The Labute approximate surface area is 197 Å². The Morgan fingerprint density at radius 3 is 2.27 bits per heavy atom. The molecule has 0 saturated heterocycles. The molecule has 0 unspecified atom stereocenters. The second kappa shape index (κ2) is 10.1. The van der Waals surface area contributed by atoms with Gasteiger partial charge in [-0.1, -0.05) is 47.5 Å². The smallest absolute Gasteiger partial charge is 0.274 e. The lowest BCUT2D eigenvalue weighted by Gasteiger charge is -2.22. The fourth-order valence-corrected chi connectivity index (χ4v) is 4.70. The molecule has 1 N–H and O–H groups in total. The number of sulfonamides is 1. The largest absolute Gasteiger partial charge is 0.324 e. The first-order chi connectivity index (χ1) is 15.6. The van der Waals surface area contributed by atoms with Gasteiger partial charge in [-0.25, -0.2) is 8.42 Å². The van der Waals surface area contributed by atoms with Crippen molar-refractivity contribution >= 4 is 38.9 Å². The molecule has 1 amide bonds. The van der Waals surface area contributed by atoms with Gasteiger partial charge in [0.2, 0.25) is 15.9 Å². The lowest BCUT2D eigenvalue weighted by molar-refractivity contribution is -0.385. The fourth-order valence-electron chi connectivity index (χ4n) is 3.19. The van der Waals surface area contributed by atoms with E-state index in [2.05, 4.69) is 5.32 Å². The molecule has 0 bridgehead atoms. The second-order valence-corrected chi connectivity index (χ2v) is 9.84. The molecule has 10 heteroatoms. The van der Waals surface area contributed by atoms with Crippen LogP contribution in [-0.2, 0) is 21.4 Å². The van der Waals surface area contributed by atoms with Gasteiger partial charge < -0.3 is 5.32 Å². The first kappa shape index (κ1) is 24.4. The van der Waals surface area contributed by atoms with E-state index in [-0.39, 0.29) is 28.4 Å². The third-order valence-corrected chi connectivity index (χ3v) is 7.08. The molecule has 8 nitrogen and oxygen atoms in total. The quantitative estimate of drug-likeness (QED) is 0.366. The maximum Gasteiger partial charge on any atom is 0.274 e. The summed E-state index contributed by atoms with van der Waals surface area (Å²) in [5.74, 6) is -0.622. The van der Waals surface area contributed by atoms with Crippen molar-refractivity contribution in [1.29, 1.82) is 0 Å². The molecule has 0 spiro atoms. The van der Waals surface area contributed by atoms with Gasteiger partial charge in [0.05, 0.1) is 27.6 Å². The van der Waals surface area contributed by atoms with Crippen LogP contribution in [0, 0.1) is 24.0 Å². The normalized spacial score (nSPS) is 11.4. The molecule has 0 aliphatic carbocycles. The monoisotopic (exact) mass is 487 g/mol. The number of nitrogens with zero attached hydrogens (tertiary/aromatic N) is 2. The van der Waals surface area contributed by atoms with E-state index in [1.165, 1.54) is 49.4 Å². The highest BCUT2D eigenvalue weighted by Gasteiger charge is 2.27. The van der Waals surface area contributed by atoms with Gasteiger partial charge in [0.25, 0.3) is 5.69 Å². The molecule has 0 saturated carbocycles. The zero-order valence-electron chi connectivity index (χ0n) is 18.0. The van der Waals surface area contributed by atoms with Crippen molar-refractivity contribution < 1.29 is 18.1 Å². The first-order valence-electron chi connectivity index (χ1n) is 9.93. The molecule has 0 fully saturated rings. The highest BCUT2D eigenvalue weighted by Crippen LogP contribution is 2.26. The van der Waals surface area contributed by atoms with Crippen LogP contribution in [0.3, 0.4) is 0 Å². The number of amides is 1. The third-order valence-electron chi connectivity index (χ3n) is 5.03. The molecule has 172 valence electrons. The lowest BCUT2D eigenvalue weighted by Crippen LogP contribution is -2.37. The Kier molecular flexibility index (Phi) is 7.47. The second-order valence-electron chi connectivity index (χ2n) is 7.47. The number of carbonyl (C=O) groups excluding carboxylic acids is 1. The van der Waals surface area contributed by atoms with Crippen LogP contribution in [0.2, 0.25) is 5.02 Å². The number of nitro groups is 1. The summed E-state index contributed by atoms with van der Waals surface area (Å²) in [6.45, 7) is 2.91. The minimum absolute atomic E-state index is 0.00154. The molecule has 0 aromatic heterocycles. The highest BCUT2D eigenvalue weighted by atomic mass is 35.5. The van der Waals surface area contributed by atoms with Crippen LogP contribution in [-0.4, -0.2) is 30.1 Å². The summed E-state index contributed by atoms with van der Waals surface area (Å²) in [7, 11) is -4.04. The van der Waals surface area contributed by atoms with Crippen molar-refractivity contribution in [3.8, 4) is 0 Å². The molecule has 0 atom stereocenters. The van der Waals surface area contributed by atoms with E-state index in [9.17, 15) is 23.3 Å². The lowest BCUT2D eigenvalue weighted by atomic mass is 10.1. The minimum atomic E-state index is -4.04. The van der Waals surface area contributed by atoms with Gasteiger partial charge in [0, 0.05) is 17.6 Å². The molecule has 0 aliphatic heterocycles. The predicted molar refractivity (Wildman–Crippen MR) is 127 cm³/mol. The standard InChI is InChI=1S/C23H22ClN3O5S/c1-16-6-8-18(9-7-16)14-26(33(31,32)20-12-10-19(24)11-13-20)15-23(28)25-21-4-3-5-22(17(21)2)27(29)30/h3-13H,14-15H2,1-2H3,(H,25,28).